The number of nitro benzene ring substituents is 1. The number of hydrogen-bond acceptors (Lipinski definition) is 7. The molecule has 0 spiro atoms. The summed E-state index contributed by atoms with van der Waals surface area (Å²) in [5.41, 5.74) is 0.409. The molecule has 3 rings (SSSR count). The van der Waals surface area contributed by atoms with Crippen LogP contribution in [0.25, 0.3) is 0 Å². The van der Waals surface area contributed by atoms with Crippen molar-refractivity contribution in [3.05, 3.63) is 63.7 Å². The molecule has 33 heavy (non-hydrogen) atoms. The summed E-state index contributed by atoms with van der Waals surface area (Å²) in [5.74, 6) is 5.88. The number of rotatable bonds is 3. The highest BCUT2D eigenvalue weighted by molar-refractivity contribution is 7.91. The van der Waals surface area contributed by atoms with Crippen LogP contribution in [0.1, 0.15) is 31.9 Å². The van der Waals surface area contributed by atoms with Crippen LogP contribution >= 0.6 is 0 Å². The largest absolute Gasteiger partial charge is 0.444 e. The summed E-state index contributed by atoms with van der Waals surface area (Å²) in [6.45, 7) is 5.48. The molecule has 0 bridgehead atoms. The number of nitrogens with one attached hydrogen (secondary N) is 1. The quantitative estimate of drug-likeness (QED) is 0.413. The van der Waals surface area contributed by atoms with E-state index in [-0.39, 0.29) is 36.0 Å². The number of ether oxygens (including phenoxy) is 1. The first-order chi connectivity index (χ1) is 15.4. The first-order valence-corrected chi connectivity index (χ1v) is 12.1. The molecule has 1 saturated heterocycles. The molecule has 9 nitrogen and oxygen atoms in total. The summed E-state index contributed by atoms with van der Waals surface area (Å²) in [5, 5.41) is 14.2. The minimum atomic E-state index is -3.14. The van der Waals surface area contributed by atoms with Gasteiger partial charge in [0.1, 0.15) is 11.3 Å². The number of amides is 1. The number of carbonyl (C=O) groups excluding carboxylic acids is 1. The number of anilines is 2. The third kappa shape index (κ3) is 6.70. The van der Waals surface area contributed by atoms with E-state index in [4.69, 9.17) is 4.74 Å². The van der Waals surface area contributed by atoms with Crippen LogP contribution < -0.4 is 10.2 Å². The molecule has 1 heterocycles. The number of nitro groups is 1. The number of hydrogen-bond donors (Lipinski definition) is 1. The van der Waals surface area contributed by atoms with Crippen LogP contribution in [0.4, 0.5) is 21.9 Å². The summed E-state index contributed by atoms with van der Waals surface area (Å²) >= 11 is 0. The van der Waals surface area contributed by atoms with Crippen LogP contribution in [0, 0.1) is 22.0 Å². The van der Waals surface area contributed by atoms with E-state index in [1.807, 2.05) is 30.3 Å². The third-order valence-corrected chi connectivity index (χ3v) is 6.36. The lowest BCUT2D eigenvalue weighted by Crippen LogP contribution is -2.40. The van der Waals surface area contributed by atoms with Gasteiger partial charge in [0.2, 0.25) is 0 Å². The maximum atomic E-state index is 12.3. The average Bonchev–Trinajstić information content (AvgIpc) is 2.71. The van der Waals surface area contributed by atoms with Crippen molar-refractivity contribution in [2.24, 2.45) is 0 Å². The molecule has 1 fully saturated rings. The smallest absolute Gasteiger partial charge is 0.412 e. The summed E-state index contributed by atoms with van der Waals surface area (Å²) in [6.07, 6.45) is -0.833. The van der Waals surface area contributed by atoms with Crippen molar-refractivity contribution in [1.29, 1.82) is 0 Å². The second kappa shape index (κ2) is 9.50. The van der Waals surface area contributed by atoms with Crippen molar-refractivity contribution in [3.63, 3.8) is 0 Å². The van der Waals surface area contributed by atoms with E-state index in [1.165, 1.54) is 12.1 Å². The van der Waals surface area contributed by atoms with Gasteiger partial charge in [-0.15, -0.1) is 0 Å². The number of benzene rings is 2. The van der Waals surface area contributed by atoms with Crippen molar-refractivity contribution >= 4 is 33.0 Å². The fourth-order valence-corrected chi connectivity index (χ4v) is 4.42. The van der Waals surface area contributed by atoms with E-state index in [9.17, 15) is 23.3 Å². The molecule has 0 aromatic heterocycles. The van der Waals surface area contributed by atoms with Gasteiger partial charge < -0.3 is 9.64 Å². The fraction of sp³-hybridized carbons (Fsp3) is 0.348. The second-order valence-corrected chi connectivity index (χ2v) is 10.8. The van der Waals surface area contributed by atoms with Crippen LogP contribution in [0.15, 0.2) is 42.5 Å². The molecule has 2 aromatic rings. The molecule has 1 N–H and O–H groups in total. The minimum Gasteiger partial charge on any atom is -0.444 e. The Kier molecular flexibility index (Phi) is 6.93. The van der Waals surface area contributed by atoms with Gasteiger partial charge in [0, 0.05) is 24.7 Å². The van der Waals surface area contributed by atoms with E-state index in [2.05, 4.69) is 17.2 Å². The Bertz CT molecular complexity index is 1210. The lowest BCUT2D eigenvalue weighted by Gasteiger charge is -2.30. The second-order valence-electron chi connectivity index (χ2n) is 8.53. The van der Waals surface area contributed by atoms with Crippen LogP contribution in [0.2, 0.25) is 0 Å². The minimum absolute atomic E-state index is 0.0373. The topological polar surface area (TPSA) is 119 Å². The van der Waals surface area contributed by atoms with Crippen LogP contribution in [-0.4, -0.2) is 49.6 Å². The van der Waals surface area contributed by atoms with E-state index in [1.54, 1.807) is 25.7 Å². The van der Waals surface area contributed by atoms with Gasteiger partial charge >= 0.3 is 6.09 Å². The van der Waals surface area contributed by atoms with E-state index >= 15 is 0 Å². The Morgan fingerprint density at radius 1 is 1.12 bits per heavy atom. The third-order valence-electron chi connectivity index (χ3n) is 4.75. The monoisotopic (exact) mass is 471 g/mol. The van der Waals surface area contributed by atoms with Gasteiger partial charge in [0.25, 0.3) is 5.69 Å². The first-order valence-electron chi connectivity index (χ1n) is 10.3. The average molecular weight is 472 g/mol. The molecule has 1 aliphatic rings. The van der Waals surface area contributed by atoms with Crippen LogP contribution in [0.5, 0.6) is 0 Å². The molecule has 1 amide bonds. The van der Waals surface area contributed by atoms with Crippen molar-refractivity contribution in [2.75, 3.05) is 34.8 Å². The van der Waals surface area contributed by atoms with E-state index in [0.29, 0.717) is 11.3 Å². The predicted molar refractivity (Wildman–Crippen MR) is 126 cm³/mol. The lowest BCUT2D eigenvalue weighted by molar-refractivity contribution is -0.383. The number of sulfone groups is 1. The fourth-order valence-electron chi connectivity index (χ4n) is 3.22. The molecule has 1 aliphatic heterocycles. The molecular weight excluding hydrogens is 446 g/mol. The molecule has 174 valence electrons. The van der Waals surface area contributed by atoms with Crippen LogP contribution in [0.3, 0.4) is 0 Å². The Hall–Kier alpha value is -3.58. The summed E-state index contributed by atoms with van der Waals surface area (Å²) < 4.78 is 29.0. The zero-order valence-electron chi connectivity index (χ0n) is 18.6. The molecule has 0 atom stereocenters. The van der Waals surface area contributed by atoms with Crippen LogP contribution in [-0.2, 0) is 14.6 Å². The molecular formula is C23H25N3O6S. The van der Waals surface area contributed by atoms with E-state index in [0.717, 1.165) is 5.56 Å². The first kappa shape index (κ1) is 24.1. The molecule has 0 unspecified atom stereocenters. The molecule has 0 radical (unpaired) electrons. The summed E-state index contributed by atoms with van der Waals surface area (Å²) in [6, 6.07) is 11.9. The van der Waals surface area contributed by atoms with Crippen molar-refractivity contribution in [2.45, 2.75) is 26.4 Å². The lowest BCUT2D eigenvalue weighted by atomic mass is 10.1. The molecule has 0 saturated carbocycles. The summed E-state index contributed by atoms with van der Waals surface area (Å²) in [4.78, 5) is 25.3. The predicted octanol–water partition coefficient (Wildman–Crippen LogP) is 3.58. The van der Waals surface area contributed by atoms with Gasteiger partial charge in [0.05, 0.1) is 27.7 Å². The normalized spacial score (nSPS) is 15.2. The van der Waals surface area contributed by atoms with Crippen molar-refractivity contribution in [3.8, 4) is 11.8 Å². The Morgan fingerprint density at radius 2 is 1.76 bits per heavy atom. The van der Waals surface area contributed by atoms with Gasteiger partial charge in [-0.2, -0.15) is 0 Å². The van der Waals surface area contributed by atoms with Gasteiger partial charge in [-0.3, -0.25) is 15.4 Å². The Labute approximate surface area is 192 Å². The Balaban J connectivity index is 2.07. The Morgan fingerprint density at radius 3 is 2.33 bits per heavy atom. The highest BCUT2D eigenvalue weighted by Crippen LogP contribution is 2.34. The maximum absolute atomic E-state index is 12.3. The number of nitrogens with zero attached hydrogens (tertiary/aromatic N) is 2. The van der Waals surface area contributed by atoms with Gasteiger partial charge in [0.15, 0.2) is 9.84 Å². The van der Waals surface area contributed by atoms with E-state index < -0.39 is 26.5 Å². The number of carbonyl (C=O) groups is 1. The zero-order chi connectivity index (χ0) is 24.2. The maximum Gasteiger partial charge on any atom is 0.412 e. The molecule has 10 heteroatoms. The van der Waals surface area contributed by atoms with Gasteiger partial charge in [-0.25, -0.2) is 13.2 Å². The zero-order valence-corrected chi connectivity index (χ0v) is 19.4. The summed E-state index contributed by atoms with van der Waals surface area (Å²) in [7, 11) is -3.14. The van der Waals surface area contributed by atoms with Crippen molar-refractivity contribution < 1.29 is 22.9 Å². The van der Waals surface area contributed by atoms with Gasteiger partial charge in [-0.05, 0) is 39.0 Å². The standard InChI is InChI=1S/C23H25N3O6S/c1-23(2,3)32-22(27)24-19-16-20(25-11-13-33(30,31)14-12-25)18(15-21(19)26(28)29)10-9-17-7-5-4-6-8-17/h4-8,15-16H,11-14H2,1-3H3,(H,24,27). The van der Waals surface area contributed by atoms with Gasteiger partial charge in [-0.1, -0.05) is 30.0 Å². The molecule has 0 aliphatic carbocycles. The van der Waals surface area contributed by atoms with Crippen molar-refractivity contribution in [1.82, 2.24) is 0 Å². The SMILES string of the molecule is CC(C)(C)OC(=O)Nc1cc(N2CCS(=O)(=O)CC2)c(C#Cc2ccccc2)cc1[N+](=O)[O-]. The highest BCUT2D eigenvalue weighted by atomic mass is 32.2. The highest BCUT2D eigenvalue weighted by Gasteiger charge is 2.27. The molecule has 2 aromatic carbocycles.